The second-order valence-corrected chi connectivity index (χ2v) is 9.74. The van der Waals surface area contributed by atoms with Gasteiger partial charge in [0, 0.05) is 7.11 Å². The van der Waals surface area contributed by atoms with Crippen LogP contribution >= 0.6 is 11.6 Å². The number of ether oxygens (including phenoxy) is 3. The molecule has 0 spiro atoms. The van der Waals surface area contributed by atoms with Gasteiger partial charge in [0.15, 0.2) is 0 Å². The minimum Gasteiger partial charge on any atom is -0.443 e. The lowest BCUT2D eigenvalue weighted by atomic mass is 9.66. The molecule has 0 bridgehead atoms. The summed E-state index contributed by atoms with van der Waals surface area (Å²) < 4.78 is 17.4. The van der Waals surface area contributed by atoms with Crippen molar-refractivity contribution in [1.29, 1.82) is 0 Å². The summed E-state index contributed by atoms with van der Waals surface area (Å²) in [6.07, 6.45) is 1.40. The molecule has 4 N–H and O–H groups in total. The van der Waals surface area contributed by atoms with Crippen LogP contribution in [-0.2, 0) is 19.0 Å². The number of alkyl halides is 1. The van der Waals surface area contributed by atoms with E-state index in [0.29, 0.717) is 19.3 Å². The lowest BCUT2D eigenvalue weighted by Crippen LogP contribution is -2.61. The molecule has 0 aromatic carbocycles. The molecule has 1 heterocycles. The molecule has 178 valence electrons. The molecular formula is C22H37ClN2O6. The highest BCUT2D eigenvalue weighted by Crippen LogP contribution is 2.54. The number of amides is 2. The molecule has 1 aliphatic carbocycles. The minimum absolute atomic E-state index is 0.0157. The van der Waals surface area contributed by atoms with Crippen LogP contribution in [0.4, 0.5) is 4.79 Å². The quantitative estimate of drug-likeness (QED) is 0.276. The number of allylic oxidation sites excluding steroid dienone is 1. The second kappa shape index (κ2) is 10.1. The Morgan fingerprint density at radius 1 is 1.39 bits per heavy atom. The van der Waals surface area contributed by atoms with E-state index in [2.05, 4.69) is 11.4 Å². The van der Waals surface area contributed by atoms with Crippen molar-refractivity contribution in [2.75, 3.05) is 13.0 Å². The Hall–Kier alpha value is -1.35. The number of alkyl carbamates (subject to hydrolysis) is 1. The van der Waals surface area contributed by atoms with E-state index in [1.54, 1.807) is 13.8 Å². The second-order valence-electron chi connectivity index (χ2n) is 9.47. The van der Waals surface area contributed by atoms with Crippen LogP contribution < -0.4 is 11.1 Å². The van der Waals surface area contributed by atoms with Crippen molar-refractivity contribution in [3.63, 3.8) is 0 Å². The van der Waals surface area contributed by atoms with Crippen LogP contribution in [0.5, 0.6) is 0 Å². The van der Waals surface area contributed by atoms with E-state index in [-0.39, 0.29) is 17.9 Å². The Labute approximate surface area is 189 Å². The maximum absolute atomic E-state index is 12.5. The summed E-state index contributed by atoms with van der Waals surface area (Å²) in [5.41, 5.74) is 4.67. The average molecular weight is 461 g/mol. The predicted octanol–water partition coefficient (Wildman–Crippen LogP) is 2.50. The number of aliphatic hydroxyl groups is 1. The molecule has 0 aromatic rings. The first-order valence-corrected chi connectivity index (χ1v) is 11.3. The Kier molecular flexibility index (Phi) is 8.41. The van der Waals surface area contributed by atoms with Crippen molar-refractivity contribution in [3.05, 3.63) is 11.6 Å². The molecule has 2 fully saturated rings. The van der Waals surface area contributed by atoms with Crippen LogP contribution in [-0.4, -0.2) is 65.7 Å². The van der Waals surface area contributed by atoms with Crippen LogP contribution in [0.25, 0.3) is 0 Å². The van der Waals surface area contributed by atoms with Gasteiger partial charge in [0.2, 0.25) is 5.91 Å². The molecule has 0 aromatic heterocycles. The summed E-state index contributed by atoms with van der Waals surface area (Å²) in [5, 5.41) is 13.9. The van der Waals surface area contributed by atoms with Gasteiger partial charge in [-0.25, -0.2) is 4.79 Å². The zero-order valence-electron chi connectivity index (χ0n) is 19.3. The molecule has 1 saturated heterocycles. The lowest BCUT2D eigenvalue weighted by Gasteiger charge is -2.48. The van der Waals surface area contributed by atoms with Crippen LogP contribution in [0.3, 0.4) is 0 Å². The van der Waals surface area contributed by atoms with Crippen molar-refractivity contribution in [1.82, 2.24) is 5.32 Å². The summed E-state index contributed by atoms with van der Waals surface area (Å²) in [6.45, 7) is 9.54. The van der Waals surface area contributed by atoms with Crippen molar-refractivity contribution in [2.45, 2.75) is 89.4 Å². The minimum atomic E-state index is -1.22. The predicted molar refractivity (Wildman–Crippen MR) is 118 cm³/mol. The van der Waals surface area contributed by atoms with E-state index in [1.807, 2.05) is 20.8 Å². The van der Waals surface area contributed by atoms with Crippen LogP contribution in [0, 0.1) is 11.8 Å². The third-order valence-corrected chi connectivity index (χ3v) is 6.94. The zero-order valence-corrected chi connectivity index (χ0v) is 20.1. The fourth-order valence-electron chi connectivity index (χ4n) is 4.69. The van der Waals surface area contributed by atoms with Crippen molar-refractivity contribution in [3.8, 4) is 0 Å². The van der Waals surface area contributed by atoms with Gasteiger partial charge in [0.25, 0.3) is 0 Å². The number of epoxide rings is 1. The number of carbonyl (C=O) groups excluding carboxylic acids is 2. The Morgan fingerprint density at radius 2 is 2.03 bits per heavy atom. The van der Waals surface area contributed by atoms with E-state index in [1.165, 1.54) is 12.7 Å². The third kappa shape index (κ3) is 5.72. The van der Waals surface area contributed by atoms with Gasteiger partial charge in [-0.05, 0) is 46.0 Å². The van der Waals surface area contributed by atoms with Gasteiger partial charge in [-0.3, -0.25) is 4.79 Å². The molecule has 2 unspecified atom stereocenters. The first kappa shape index (κ1) is 25.9. The molecule has 2 aliphatic rings. The highest BCUT2D eigenvalue weighted by molar-refractivity contribution is 6.18. The van der Waals surface area contributed by atoms with E-state index >= 15 is 0 Å². The van der Waals surface area contributed by atoms with Crippen molar-refractivity contribution < 1.29 is 28.9 Å². The molecule has 0 radical (unpaired) electrons. The number of methoxy groups -OCH3 is 1. The Balaban J connectivity index is 2.20. The SMILES string of the molecule is CO[C@H]1C(C2(C)O[C@H]2CC=C(C)C)[C@@](O)(CCl)CC[C@H]1OC(=O)N[C@@H](C(N)=O)C(C)C. The first-order valence-electron chi connectivity index (χ1n) is 10.8. The number of halogens is 1. The van der Waals surface area contributed by atoms with Crippen LogP contribution in [0.15, 0.2) is 11.6 Å². The number of nitrogens with two attached hydrogens (primary N) is 1. The molecule has 8 nitrogen and oxygen atoms in total. The van der Waals surface area contributed by atoms with Gasteiger partial charge in [0.05, 0.1) is 23.5 Å². The summed E-state index contributed by atoms with van der Waals surface area (Å²) in [7, 11) is 1.52. The molecule has 2 rings (SSSR count). The Morgan fingerprint density at radius 3 is 2.52 bits per heavy atom. The maximum atomic E-state index is 12.5. The number of nitrogens with one attached hydrogen (secondary N) is 1. The molecule has 2 amide bonds. The summed E-state index contributed by atoms with van der Waals surface area (Å²) in [5.74, 6) is -1.30. The molecule has 31 heavy (non-hydrogen) atoms. The van der Waals surface area contributed by atoms with Crippen molar-refractivity contribution >= 4 is 23.6 Å². The fraction of sp³-hybridized carbons (Fsp3) is 0.818. The monoisotopic (exact) mass is 460 g/mol. The highest BCUT2D eigenvalue weighted by Gasteiger charge is 2.67. The molecule has 9 heteroatoms. The third-order valence-electron chi connectivity index (χ3n) is 6.48. The van der Waals surface area contributed by atoms with Gasteiger partial charge >= 0.3 is 6.09 Å². The highest BCUT2D eigenvalue weighted by atomic mass is 35.5. The molecule has 7 atom stereocenters. The summed E-state index contributed by atoms with van der Waals surface area (Å²) in [6, 6.07) is -0.842. The van der Waals surface area contributed by atoms with Crippen LogP contribution in [0.1, 0.15) is 53.9 Å². The number of rotatable bonds is 9. The standard InChI is InChI=1S/C22H37ClN2O6/c1-12(2)7-8-15-21(5,31-15)18-17(29-6)14(9-10-22(18,28)11-23)30-20(27)25-16(13(3)4)19(24)26/h7,13-18,28H,8-11H2,1-6H3,(H2,24,26)(H,25,27)/t14-,15+,16-,17-,18?,21?,22+/m1/s1. The molecule has 1 saturated carbocycles. The Bertz CT molecular complexity index is 697. The molecule has 1 aliphatic heterocycles. The van der Waals surface area contributed by atoms with E-state index in [4.69, 9.17) is 31.5 Å². The van der Waals surface area contributed by atoms with Gasteiger partial charge < -0.3 is 30.4 Å². The molecular weight excluding hydrogens is 424 g/mol. The summed E-state index contributed by atoms with van der Waals surface area (Å²) in [4.78, 5) is 24.1. The number of primary amides is 1. The average Bonchev–Trinajstić information content (AvgIpc) is 3.35. The number of hydrogen-bond donors (Lipinski definition) is 3. The lowest BCUT2D eigenvalue weighted by molar-refractivity contribution is -0.170. The van der Waals surface area contributed by atoms with Crippen LogP contribution in [0.2, 0.25) is 0 Å². The largest absolute Gasteiger partial charge is 0.443 e. The van der Waals surface area contributed by atoms with Gasteiger partial charge in [0.1, 0.15) is 23.9 Å². The zero-order chi connectivity index (χ0) is 23.6. The van der Waals surface area contributed by atoms with Gasteiger partial charge in [-0.15, -0.1) is 11.6 Å². The number of hydrogen-bond acceptors (Lipinski definition) is 6. The van der Waals surface area contributed by atoms with E-state index < -0.39 is 47.4 Å². The maximum Gasteiger partial charge on any atom is 0.408 e. The normalized spacial score (nSPS) is 35.9. The van der Waals surface area contributed by atoms with Crippen molar-refractivity contribution in [2.24, 2.45) is 17.6 Å². The number of carbonyl (C=O) groups is 2. The smallest absolute Gasteiger partial charge is 0.408 e. The summed E-state index contributed by atoms with van der Waals surface area (Å²) >= 11 is 6.20. The van der Waals surface area contributed by atoms with Gasteiger partial charge in [-0.2, -0.15) is 0 Å². The van der Waals surface area contributed by atoms with Gasteiger partial charge in [-0.1, -0.05) is 25.5 Å². The van der Waals surface area contributed by atoms with E-state index in [9.17, 15) is 14.7 Å². The first-order chi connectivity index (χ1) is 14.4. The fourth-order valence-corrected chi connectivity index (χ4v) is 4.99. The topological polar surface area (TPSA) is 123 Å². The van der Waals surface area contributed by atoms with E-state index in [0.717, 1.165) is 0 Å².